The second-order valence-electron chi connectivity index (χ2n) is 7.59. The van der Waals surface area contributed by atoms with Crippen LogP contribution in [0, 0.1) is 11.6 Å². The second kappa shape index (κ2) is 7.94. The molecule has 3 heterocycles. The molecule has 0 aliphatic heterocycles. The summed E-state index contributed by atoms with van der Waals surface area (Å²) in [6, 6.07) is 17.1. The van der Waals surface area contributed by atoms with Gasteiger partial charge in [0, 0.05) is 36.1 Å². The number of pyridine rings is 2. The molecule has 33 heavy (non-hydrogen) atoms. The molecule has 0 aliphatic carbocycles. The van der Waals surface area contributed by atoms with Crippen molar-refractivity contribution in [3.8, 4) is 33.5 Å². The molecule has 0 bridgehead atoms. The molecule has 0 spiro atoms. The third-order valence-corrected chi connectivity index (χ3v) is 5.61. The van der Waals surface area contributed by atoms with Crippen LogP contribution in [0.1, 0.15) is 10.5 Å². The summed E-state index contributed by atoms with van der Waals surface area (Å²) < 4.78 is 29.0. The van der Waals surface area contributed by atoms with Gasteiger partial charge >= 0.3 is 5.97 Å². The van der Waals surface area contributed by atoms with Crippen molar-refractivity contribution in [3.05, 3.63) is 96.5 Å². The van der Waals surface area contributed by atoms with Crippen molar-refractivity contribution < 1.29 is 18.7 Å². The van der Waals surface area contributed by atoms with E-state index in [1.54, 1.807) is 48.3 Å². The zero-order valence-electron chi connectivity index (χ0n) is 17.5. The second-order valence-corrected chi connectivity index (χ2v) is 7.59. The summed E-state index contributed by atoms with van der Waals surface area (Å²) in [4.78, 5) is 20.8. The molecular weight excluding hydrogens is 424 g/mol. The molecule has 0 saturated carbocycles. The normalized spacial score (nSPS) is 11.1. The molecule has 162 valence electrons. The van der Waals surface area contributed by atoms with Gasteiger partial charge in [-0.1, -0.05) is 12.1 Å². The number of hydrogen-bond acceptors (Lipinski definition) is 3. The van der Waals surface area contributed by atoms with Gasteiger partial charge in [0.05, 0.1) is 16.7 Å². The number of aryl methyl sites for hydroxylation is 1. The summed E-state index contributed by atoms with van der Waals surface area (Å²) in [6.45, 7) is 0. The number of aromatic carboxylic acids is 1. The number of rotatable bonds is 4. The number of halogens is 2. The molecule has 2 aromatic carbocycles. The highest BCUT2D eigenvalue weighted by Gasteiger charge is 2.24. The molecule has 0 atom stereocenters. The third kappa shape index (κ3) is 3.53. The van der Waals surface area contributed by atoms with Crippen LogP contribution in [-0.4, -0.2) is 25.6 Å². The van der Waals surface area contributed by atoms with E-state index in [4.69, 9.17) is 4.98 Å². The lowest BCUT2D eigenvalue weighted by atomic mass is 9.90. The van der Waals surface area contributed by atoms with Crippen molar-refractivity contribution in [2.45, 2.75) is 0 Å². The van der Waals surface area contributed by atoms with Gasteiger partial charge in [0.1, 0.15) is 17.3 Å². The molecule has 5 nitrogen and oxygen atoms in total. The molecule has 5 rings (SSSR count). The molecule has 0 radical (unpaired) electrons. The van der Waals surface area contributed by atoms with Gasteiger partial charge in [-0.3, -0.25) is 4.98 Å². The maximum atomic E-state index is 13.8. The number of fused-ring (bicyclic) bond motifs is 1. The lowest BCUT2D eigenvalue weighted by Crippen LogP contribution is -2.05. The largest absolute Gasteiger partial charge is 0.477 e. The van der Waals surface area contributed by atoms with E-state index in [0.717, 1.165) is 5.56 Å². The molecule has 0 unspecified atom stereocenters. The Balaban J connectivity index is 1.99. The Morgan fingerprint density at radius 1 is 0.818 bits per heavy atom. The summed E-state index contributed by atoms with van der Waals surface area (Å²) >= 11 is 0. The molecule has 3 aromatic heterocycles. The summed E-state index contributed by atoms with van der Waals surface area (Å²) in [5.74, 6) is -1.85. The van der Waals surface area contributed by atoms with E-state index in [1.165, 1.54) is 30.3 Å². The van der Waals surface area contributed by atoms with Gasteiger partial charge in [-0.05, 0) is 65.7 Å². The summed E-state index contributed by atoms with van der Waals surface area (Å²) in [6.07, 6.45) is 3.30. The standard InChI is InChI=1S/C26H17F2N3O2/c1-31-21(26(32)33)14-20-25(31)23(15-2-6-18(27)7-3-15)22(16-10-12-29-13-11-16)24(30-20)17-4-8-19(28)9-5-17/h2-14H,1H3,(H,32,33). The number of carboxylic acid groups (broad SMARTS) is 1. The number of carboxylic acids is 1. The first-order valence-electron chi connectivity index (χ1n) is 10.1. The molecule has 1 N–H and O–H groups in total. The zero-order valence-corrected chi connectivity index (χ0v) is 17.5. The quantitative estimate of drug-likeness (QED) is 0.374. The van der Waals surface area contributed by atoms with Crippen molar-refractivity contribution in [1.82, 2.24) is 14.5 Å². The van der Waals surface area contributed by atoms with Crippen molar-refractivity contribution in [3.63, 3.8) is 0 Å². The van der Waals surface area contributed by atoms with Crippen LogP contribution in [-0.2, 0) is 7.05 Å². The maximum Gasteiger partial charge on any atom is 0.352 e. The van der Waals surface area contributed by atoms with Gasteiger partial charge < -0.3 is 9.67 Å². The van der Waals surface area contributed by atoms with Crippen molar-refractivity contribution in [2.24, 2.45) is 7.05 Å². The number of hydrogen-bond donors (Lipinski definition) is 1. The van der Waals surface area contributed by atoms with E-state index in [0.29, 0.717) is 39.0 Å². The first-order chi connectivity index (χ1) is 15.9. The van der Waals surface area contributed by atoms with Crippen LogP contribution in [0.2, 0.25) is 0 Å². The van der Waals surface area contributed by atoms with E-state index >= 15 is 0 Å². The van der Waals surface area contributed by atoms with Crippen molar-refractivity contribution in [1.29, 1.82) is 0 Å². The molecule has 0 fully saturated rings. The fourth-order valence-electron chi connectivity index (χ4n) is 4.10. The minimum atomic E-state index is -1.09. The first-order valence-corrected chi connectivity index (χ1v) is 10.1. The average molecular weight is 441 g/mol. The maximum absolute atomic E-state index is 13.8. The van der Waals surface area contributed by atoms with Crippen LogP contribution < -0.4 is 0 Å². The van der Waals surface area contributed by atoms with Crippen molar-refractivity contribution in [2.75, 3.05) is 0 Å². The molecule has 7 heteroatoms. The Hall–Kier alpha value is -4.39. The highest BCUT2D eigenvalue weighted by Crippen LogP contribution is 2.43. The van der Waals surface area contributed by atoms with Crippen LogP contribution in [0.25, 0.3) is 44.5 Å². The lowest BCUT2D eigenvalue weighted by molar-refractivity contribution is 0.0687. The van der Waals surface area contributed by atoms with Gasteiger partial charge in [0.25, 0.3) is 0 Å². The Labute approximate surface area is 187 Å². The minimum Gasteiger partial charge on any atom is -0.477 e. The number of nitrogens with zero attached hydrogens (tertiary/aromatic N) is 3. The number of aromatic nitrogens is 3. The summed E-state index contributed by atoms with van der Waals surface area (Å²) in [7, 11) is 1.66. The summed E-state index contributed by atoms with van der Waals surface area (Å²) in [5, 5.41) is 9.72. The van der Waals surface area contributed by atoms with Crippen LogP contribution in [0.3, 0.4) is 0 Å². The van der Waals surface area contributed by atoms with Gasteiger partial charge in [-0.25, -0.2) is 18.6 Å². The fourth-order valence-corrected chi connectivity index (χ4v) is 4.10. The summed E-state index contributed by atoms with van der Waals surface area (Å²) in [5.41, 5.74) is 5.22. The SMILES string of the molecule is Cn1c(C(=O)O)cc2nc(-c3ccc(F)cc3)c(-c3ccncc3)c(-c3ccc(F)cc3)c21. The van der Waals surface area contributed by atoms with E-state index in [2.05, 4.69) is 4.98 Å². The monoisotopic (exact) mass is 441 g/mol. The fraction of sp³-hybridized carbons (Fsp3) is 0.0385. The molecular formula is C26H17F2N3O2. The Morgan fingerprint density at radius 3 is 1.94 bits per heavy atom. The average Bonchev–Trinajstić information content (AvgIpc) is 3.16. The predicted molar refractivity (Wildman–Crippen MR) is 122 cm³/mol. The van der Waals surface area contributed by atoms with Gasteiger partial charge in [-0.2, -0.15) is 0 Å². The van der Waals surface area contributed by atoms with Gasteiger partial charge in [-0.15, -0.1) is 0 Å². The van der Waals surface area contributed by atoms with E-state index in [-0.39, 0.29) is 17.3 Å². The Kier molecular flexibility index (Phi) is 4.94. The topological polar surface area (TPSA) is 68.0 Å². The van der Waals surface area contributed by atoms with Crippen LogP contribution in [0.5, 0.6) is 0 Å². The van der Waals surface area contributed by atoms with Crippen LogP contribution >= 0.6 is 0 Å². The van der Waals surface area contributed by atoms with Gasteiger partial charge in [0.15, 0.2) is 0 Å². The highest BCUT2D eigenvalue weighted by molar-refractivity contribution is 6.08. The number of benzene rings is 2. The Morgan fingerprint density at radius 2 is 1.36 bits per heavy atom. The van der Waals surface area contributed by atoms with E-state index < -0.39 is 5.97 Å². The third-order valence-electron chi connectivity index (χ3n) is 5.61. The molecule has 5 aromatic rings. The van der Waals surface area contributed by atoms with E-state index in [9.17, 15) is 18.7 Å². The smallest absolute Gasteiger partial charge is 0.352 e. The van der Waals surface area contributed by atoms with Crippen molar-refractivity contribution >= 4 is 17.0 Å². The lowest BCUT2D eigenvalue weighted by Gasteiger charge is -2.18. The minimum absolute atomic E-state index is 0.0674. The Bertz CT molecular complexity index is 1490. The molecule has 0 saturated heterocycles. The highest BCUT2D eigenvalue weighted by atomic mass is 19.1. The first kappa shape index (κ1) is 20.5. The number of carbonyl (C=O) groups is 1. The van der Waals surface area contributed by atoms with E-state index in [1.807, 2.05) is 12.1 Å². The predicted octanol–water partition coefficient (Wildman–Crippen LogP) is 5.95. The zero-order chi connectivity index (χ0) is 23.1. The van der Waals surface area contributed by atoms with Gasteiger partial charge in [0.2, 0.25) is 0 Å². The molecule has 0 aliphatic rings. The van der Waals surface area contributed by atoms with Crippen LogP contribution in [0.4, 0.5) is 8.78 Å². The molecule has 0 amide bonds. The van der Waals surface area contributed by atoms with Crippen LogP contribution in [0.15, 0.2) is 79.1 Å².